The van der Waals surface area contributed by atoms with Crippen LogP contribution in [-0.2, 0) is 14.3 Å². The standard InChI is InChI=1S/C9H12O3/c1-7-4-2-3-5-8(7)9(11)12-6-10/h6H,2-5H2,1H3. The molecule has 1 rings (SSSR count). The molecule has 12 heavy (non-hydrogen) atoms. The molecule has 1 aliphatic carbocycles. The summed E-state index contributed by atoms with van der Waals surface area (Å²) >= 11 is 0. The van der Waals surface area contributed by atoms with Crippen molar-refractivity contribution in [3.8, 4) is 0 Å². The lowest BCUT2D eigenvalue weighted by atomic mass is 9.93. The molecule has 0 heterocycles. The molecule has 0 fully saturated rings. The Kier molecular flexibility index (Phi) is 3.02. The Balaban J connectivity index is 2.70. The van der Waals surface area contributed by atoms with Crippen molar-refractivity contribution in [2.75, 3.05) is 0 Å². The summed E-state index contributed by atoms with van der Waals surface area (Å²) in [7, 11) is 0. The lowest BCUT2D eigenvalue weighted by Gasteiger charge is -2.14. The zero-order valence-electron chi connectivity index (χ0n) is 7.13. The average molecular weight is 168 g/mol. The Labute approximate surface area is 71.4 Å². The van der Waals surface area contributed by atoms with E-state index in [0.717, 1.165) is 31.3 Å². The van der Waals surface area contributed by atoms with Gasteiger partial charge in [0.1, 0.15) is 0 Å². The Hall–Kier alpha value is -1.12. The Morgan fingerprint density at radius 2 is 2.08 bits per heavy atom. The van der Waals surface area contributed by atoms with Crippen LogP contribution in [0.4, 0.5) is 0 Å². The van der Waals surface area contributed by atoms with Gasteiger partial charge in [0.05, 0.1) is 0 Å². The van der Waals surface area contributed by atoms with Crippen LogP contribution in [0.15, 0.2) is 11.1 Å². The van der Waals surface area contributed by atoms with Crippen LogP contribution in [0.1, 0.15) is 32.6 Å². The minimum Gasteiger partial charge on any atom is -0.392 e. The second-order valence-electron chi connectivity index (χ2n) is 2.97. The van der Waals surface area contributed by atoms with Crippen LogP contribution in [0.2, 0.25) is 0 Å². The third-order valence-corrected chi connectivity index (χ3v) is 2.15. The van der Waals surface area contributed by atoms with Gasteiger partial charge >= 0.3 is 12.4 Å². The summed E-state index contributed by atoms with van der Waals surface area (Å²) in [5, 5.41) is 0. The molecule has 0 aromatic heterocycles. The summed E-state index contributed by atoms with van der Waals surface area (Å²) < 4.78 is 4.27. The van der Waals surface area contributed by atoms with Crippen LogP contribution in [0.25, 0.3) is 0 Å². The van der Waals surface area contributed by atoms with Crippen LogP contribution >= 0.6 is 0 Å². The quantitative estimate of drug-likeness (QED) is 0.357. The van der Waals surface area contributed by atoms with E-state index < -0.39 is 5.97 Å². The third kappa shape index (κ3) is 1.94. The first-order valence-electron chi connectivity index (χ1n) is 4.09. The minimum atomic E-state index is -0.470. The van der Waals surface area contributed by atoms with Gasteiger partial charge in [0.2, 0.25) is 0 Å². The van der Waals surface area contributed by atoms with E-state index in [1.54, 1.807) is 0 Å². The Morgan fingerprint density at radius 1 is 1.42 bits per heavy atom. The number of carbonyl (C=O) groups is 2. The monoisotopic (exact) mass is 168 g/mol. The van der Waals surface area contributed by atoms with E-state index in [2.05, 4.69) is 4.74 Å². The minimum absolute atomic E-state index is 0.192. The van der Waals surface area contributed by atoms with Crippen molar-refractivity contribution in [3.63, 3.8) is 0 Å². The van der Waals surface area contributed by atoms with E-state index >= 15 is 0 Å². The highest BCUT2D eigenvalue weighted by atomic mass is 16.6. The predicted octanol–water partition coefficient (Wildman–Crippen LogP) is 1.58. The summed E-state index contributed by atoms with van der Waals surface area (Å²) in [6, 6.07) is 0. The van der Waals surface area contributed by atoms with Gasteiger partial charge in [-0.1, -0.05) is 5.57 Å². The van der Waals surface area contributed by atoms with Gasteiger partial charge < -0.3 is 4.74 Å². The van der Waals surface area contributed by atoms with Crippen molar-refractivity contribution in [1.82, 2.24) is 0 Å². The zero-order chi connectivity index (χ0) is 8.97. The van der Waals surface area contributed by atoms with E-state index in [4.69, 9.17) is 0 Å². The summed E-state index contributed by atoms with van der Waals surface area (Å²) in [6.45, 7) is 2.11. The van der Waals surface area contributed by atoms with Crippen molar-refractivity contribution >= 4 is 12.4 Å². The molecular formula is C9H12O3. The topological polar surface area (TPSA) is 43.4 Å². The molecule has 0 saturated heterocycles. The largest absolute Gasteiger partial charge is 0.392 e. The second kappa shape index (κ2) is 4.04. The maximum absolute atomic E-state index is 11.1. The Morgan fingerprint density at radius 3 is 2.67 bits per heavy atom. The summed E-state index contributed by atoms with van der Waals surface area (Å²) in [4.78, 5) is 21.0. The van der Waals surface area contributed by atoms with Gasteiger partial charge in [-0.2, -0.15) is 0 Å². The molecule has 0 N–H and O–H groups in total. The highest BCUT2D eigenvalue weighted by molar-refractivity contribution is 5.93. The second-order valence-corrected chi connectivity index (χ2v) is 2.97. The smallest absolute Gasteiger partial charge is 0.341 e. The number of hydrogen-bond acceptors (Lipinski definition) is 3. The number of esters is 1. The number of rotatable bonds is 2. The van der Waals surface area contributed by atoms with Crippen LogP contribution in [0.3, 0.4) is 0 Å². The molecular weight excluding hydrogens is 156 g/mol. The number of allylic oxidation sites excluding steroid dienone is 1. The molecule has 0 amide bonds. The molecule has 0 saturated carbocycles. The average Bonchev–Trinajstić information content (AvgIpc) is 2.05. The molecule has 0 aromatic carbocycles. The van der Waals surface area contributed by atoms with E-state index in [-0.39, 0.29) is 6.47 Å². The van der Waals surface area contributed by atoms with Crippen molar-refractivity contribution in [3.05, 3.63) is 11.1 Å². The first-order chi connectivity index (χ1) is 5.75. The van der Waals surface area contributed by atoms with Gasteiger partial charge in [-0.05, 0) is 32.6 Å². The lowest BCUT2D eigenvalue weighted by Crippen LogP contribution is -2.11. The molecule has 0 radical (unpaired) electrons. The zero-order valence-corrected chi connectivity index (χ0v) is 7.13. The molecule has 66 valence electrons. The van der Waals surface area contributed by atoms with Crippen molar-refractivity contribution in [1.29, 1.82) is 0 Å². The first kappa shape index (κ1) is 8.97. The van der Waals surface area contributed by atoms with E-state index in [0.29, 0.717) is 5.57 Å². The Bertz CT molecular complexity index is 228. The fourth-order valence-electron chi connectivity index (χ4n) is 1.45. The number of hydrogen-bond donors (Lipinski definition) is 0. The summed E-state index contributed by atoms with van der Waals surface area (Å²) in [5.41, 5.74) is 1.75. The highest BCUT2D eigenvalue weighted by Crippen LogP contribution is 2.24. The van der Waals surface area contributed by atoms with E-state index in [1.165, 1.54) is 0 Å². The third-order valence-electron chi connectivity index (χ3n) is 2.15. The van der Waals surface area contributed by atoms with Crippen LogP contribution in [0, 0.1) is 0 Å². The fourth-order valence-corrected chi connectivity index (χ4v) is 1.45. The molecule has 0 aromatic rings. The van der Waals surface area contributed by atoms with Gasteiger partial charge in [0.15, 0.2) is 0 Å². The van der Waals surface area contributed by atoms with Crippen molar-refractivity contribution in [2.45, 2.75) is 32.6 Å². The van der Waals surface area contributed by atoms with Gasteiger partial charge in [0.25, 0.3) is 0 Å². The van der Waals surface area contributed by atoms with Gasteiger partial charge in [0, 0.05) is 5.57 Å². The van der Waals surface area contributed by atoms with E-state index in [9.17, 15) is 9.59 Å². The predicted molar refractivity (Wildman–Crippen MR) is 43.3 cm³/mol. The van der Waals surface area contributed by atoms with Gasteiger partial charge in [-0.25, -0.2) is 4.79 Å². The molecule has 0 bridgehead atoms. The summed E-state index contributed by atoms with van der Waals surface area (Å²) in [6.07, 6.45) is 3.84. The van der Waals surface area contributed by atoms with Crippen LogP contribution < -0.4 is 0 Å². The number of carbonyl (C=O) groups excluding carboxylic acids is 2. The van der Waals surface area contributed by atoms with Crippen molar-refractivity contribution < 1.29 is 14.3 Å². The molecule has 0 unspecified atom stereocenters. The molecule has 3 nitrogen and oxygen atoms in total. The molecule has 0 atom stereocenters. The van der Waals surface area contributed by atoms with Crippen molar-refractivity contribution in [2.24, 2.45) is 0 Å². The highest BCUT2D eigenvalue weighted by Gasteiger charge is 2.17. The van der Waals surface area contributed by atoms with Crippen LogP contribution in [-0.4, -0.2) is 12.4 Å². The van der Waals surface area contributed by atoms with E-state index in [1.807, 2.05) is 6.92 Å². The maximum atomic E-state index is 11.1. The molecule has 0 spiro atoms. The molecule has 1 aliphatic rings. The fraction of sp³-hybridized carbons (Fsp3) is 0.556. The van der Waals surface area contributed by atoms with Crippen LogP contribution in [0.5, 0.6) is 0 Å². The molecule has 0 aliphatic heterocycles. The maximum Gasteiger partial charge on any atom is 0.341 e. The SMILES string of the molecule is CC1=C(C(=O)OC=O)CCCC1. The number of ether oxygens (including phenoxy) is 1. The lowest BCUT2D eigenvalue weighted by molar-refractivity contribution is -0.148. The normalized spacial score (nSPS) is 17.4. The van der Waals surface area contributed by atoms with Gasteiger partial charge in [-0.3, -0.25) is 4.79 Å². The first-order valence-corrected chi connectivity index (χ1v) is 4.09. The van der Waals surface area contributed by atoms with Gasteiger partial charge in [-0.15, -0.1) is 0 Å². The molecule has 3 heteroatoms. The summed E-state index contributed by atoms with van der Waals surface area (Å²) in [5.74, 6) is -0.470.